The number of anilines is 1. The largest absolute Gasteiger partial charge is 0.384 e. The zero-order chi connectivity index (χ0) is 20.8. The van der Waals surface area contributed by atoms with Gasteiger partial charge in [0.2, 0.25) is 5.13 Å². The first-order valence-corrected chi connectivity index (χ1v) is 11.6. The highest BCUT2D eigenvalue weighted by molar-refractivity contribution is 8.00. The number of hydrogen-bond acceptors (Lipinski definition) is 8. The second-order valence-electron chi connectivity index (χ2n) is 7.20. The molecule has 30 heavy (non-hydrogen) atoms. The molecule has 0 bridgehead atoms. The number of nitrogens with zero attached hydrogens (tertiary/aromatic N) is 4. The summed E-state index contributed by atoms with van der Waals surface area (Å²) in [6, 6.07) is 10.2. The van der Waals surface area contributed by atoms with Crippen LogP contribution in [0.5, 0.6) is 0 Å². The zero-order valence-electron chi connectivity index (χ0n) is 16.2. The fourth-order valence-electron chi connectivity index (χ4n) is 4.26. The van der Waals surface area contributed by atoms with E-state index in [1.807, 2.05) is 36.7 Å². The van der Waals surface area contributed by atoms with Gasteiger partial charge < -0.3 is 10.7 Å². The minimum atomic E-state index is -0.471. The quantitative estimate of drug-likeness (QED) is 0.598. The summed E-state index contributed by atoms with van der Waals surface area (Å²) in [6.07, 6.45) is 5.74. The number of nitriles is 1. The number of benzene rings is 1. The van der Waals surface area contributed by atoms with Gasteiger partial charge in [-0.2, -0.15) is 5.26 Å². The predicted molar refractivity (Wildman–Crippen MR) is 118 cm³/mol. The Morgan fingerprint density at radius 2 is 2.20 bits per heavy atom. The number of allylic oxidation sites excluding steroid dienone is 3. The Bertz CT molecular complexity index is 1280. The van der Waals surface area contributed by atoms with Crippen molar-refractivity contribution in [3.05, 3.63) is 58.7 Å². The Kier molecular flexibility index (Phi) is 4.60. The van der Waals surface area contributed by atoms with E-state index < -0.39 is 5.92 Å². The van der Waals surface area contributed by atoms with Gasteiger partial charge in [0, 0.05) is 29.4 Å². The maximum Gasteiger partial charge on any atom is 0.219 e. The topological polar surface area (TPSA) is 112 Å². The molecule has 0 saturated carbocycles. The Balaban J connectivity index is 1.73. The van der Waals surface area contributed by atoms with Crippen LogP contribution in [0.2, 0.25) is 0 Å². The van der Waals surface area contributed by atoms with Gasteiger partial charge in [0.05, 0.1) is 17.6 Å². The van der Waals surface area contributed by atoms with E-state index in [-0.39, 0.29) is 5.78 Å². The van der Waals surface area contributed by atoms with Crippen LogP contribution in [0.1, 0.15) is 30.7 Å². The van der Waals surface area contributed by atoms with Crippen LogP contribution in [0.15, 0.2) is 57.5 Å². The number of nitrogens with two attached hydrogens (primary N) is 1. The lowest BCUT2D eigenvalue weighted by atomic mass is 9.75. The molecule has 2 aliphatic rings. The summed E-state index contributed by atoms with van der Waals surface area (Å²) in [6.45, 7) is 0. The Morgan fingerprint density at radius 1 is 1.33 bits per heavy atom. The summed E-state index contributed by atoms with van der Waals surface area (Å²) < 4.78 is 0.806. The fraction of sp³-hybridized carbons (Fsp3) is 0.238. The van der Waals surface area contributed by atoms with Gasteiger partial charge in [0.15, 0.2) is 10.1 Å². The number of aromatic nitrogens is 3. The summed E-state index contributed by atoms with van der Waals surface area (Å²) in [7, 11) is 0. The molecule has 5 rings (SSSR count). The van der Waals surface area contributed by atoms with Crippen LogP contribution < -0.4 is 10.6 Å². The van der Waals surface area contributed by atoms with Crippen molar-refractivity contribution in [3.8, 4) is 6.07 Å². The number of thioether (sulfide) groups is 1. The summed E-state index contributed by atoms with van der Waals surface area (Å²) in [5, 5.41) is 20.1. The van der Waals surface area contributed by atoms with Gasteiger partial charge in [-0.25, -0.2) is 0 Å². The maximum atomic E-state index is 13.1. The Labute approximate surface area is 181 Å². The van der Waals surface area contributed by atoms with Crippen molar-refractivity contribution in [2.24, 2.45) is 5.73 Å². The van der Waals surface area contributed by atoms with E-state index in [0.29, 0.717) is 34.9 Å². The van der Waals surface area contributed by atoms with Crippen LogP contribution in [0.25, 0.3) is 10.9 Å². The van der Waals surface area contributed by atoms with E-state index in [4.69, 9.17) is 5.73 Å². The highest BCUT2D eigenvalue weighted by Crippen LogP contribution is 2.47. The summed E-state index contributed by atoms with van der Waals surface area (Å²) in [5.41, 5.74) is 10.3. The molecule has 0 fully saturated rings. The number of carbonyl (C=O) groups excluding carboxylic acids is 1. The Morgan fingerprint density at radius 3 is 2.97 bits per heavy atom. The standard InChI is InChI=1S/C21H18N6OS2/c1-29-21-26-25-20(30-21)27-15-3-2-4-16(28)18(15)17(13(10-22)19(27)23)12-5-6-14-11(9-12)7-8-24-14/h5-9,17,24H,2-4,23H2,1H3/t17-/m1/s1. The molecule has 2 aromatic heterocycles. The average molecular weight is 435 g/mol. The van der Waals surface area contributed by atoms with Crippen molar-refractivity contribution in [3.63, 3.8) is 0 Å². The highest BCUT2D eigenvalue weighted by Gasteiger charge is 2.41. The zero-order valence-corrected chi connectivity index (χ0v) is 17.8. The van der Waals surface area contributed by atoms with Crippen molar-refractivity contribution in [1.82, 2.24) is 15.2 Å². The van der Waals surface area contributed by atoms with Gasteiger partial charge in [0.1, 0.15) is 5.82 Å². The lowest BCUT2D eigenvalue weighted by Crippen LogP contribution is -2.38. The molecule has 3 N–H and O–H groups in total. The number of H-pyrrole nitrogens is 1. The lowest BCUT2D eigenvalue weighted by Gasteiger charge is -2.38. The molecule has 1 aliphatic heterocycles. The average Bonchev–Trinajstić information content (AvgIpc) is 3.41. The van der Waals surface area contributed by atoms with Crippen molar-refractivity contribution in [2.75, 3.05) is 11.2 Å². The first kappa shape index (κ1) is 18.9. The molecule has 3 heterocycles. The molecule has 9 heteroatoms. The third-order valence-corrected chi connectivity index (χ3v) is 7.47. The van der Waals surface area contributed by atoms with E-state index in [1.165, 1.54) is 23.1 Å². The van der Waals surface area contributed by atoms with Crippen molar-refractivity contribution >= 4 is 44.9 Å². The molecule has 0 saturated heterocycles. The number of nitrogens with one attached hydrogen (secondary N) is 1. The third-order valence-electron chi connectivity index (χ3n) is 5.59. The van der Waals surface area contributed by atoms with Crippen LogP contribution in [0, 0.1) is 11.3 Å². The number of aromatic amines is 1. The van der Waals surface area contributed by atoms with Gasteiger partial charge >= 0.3 is 0 Å². The smallest absolute Gasteiger partial charge is 0.219 e. The highest BCUT2D eigenvalue weighted by atomic mass is 32.2. The second kappa shape index (κ2) is 7.31. The first-order chi connectivity index (χ1) is 14.6. The van der Waals surface area contributed by atoms with Gasteiger partial charge in [-0.05, 0) is 48.2 Å². The molecule has 3 aromatic rings. The second-order valence-corrected chi connectivity index (χ2v) is 9.20. The summed E-state index contributed by atoms with van der Waals surface area (Å²) in [4.78, 5) is 18.1. The molecule has 1 atom stereocenters. The van der Waals surface area contributed by atoms with Crippen LogP contribution in [0.3, 0.4) is 0 Å². The van der Waals surface area contributed by atoms with E-state index in [2.05, 4.69) is 21.3 Å². The van der Waals surface area contributed by atoms with Crippen molar-refractivity contribution < 1.29 is 4.79 Å². The van der Waals surface area contributed by atoms with E-state index in [9.17, 15) is 10.1 Å². The SMILES string of the molecule is CSc1nnc(N2C(N)=C(C#N)[C@@H](c3ccc4[nH]ccc4c3)C3=C2CCCC3=O)s1. The van der Waals surface area contributed by atoms with Crippen molar-refractivity contribution in [1.29, 1.82) is 5.26 Å². The molecule has 7 nitrogen and oxygen atoms in total. The summed E-state index contributed by atoms with van der Waals surface area (Å²) in [5.74, 6) is -0.0783. The monoisotopic (exact) mass is 434 g/mol. The third kappa shape index (κ3) is 2.83. The fourth-order valence-corrected chi connectivity index (χ4v) is 5.56. The normalized spacial score (nSPS) is 19.4. The molecule has 0 amide bonds. The molecule has 0 spiro atoms. The van der Waals surface area contributed by atoms with Gasteiger partial charge in [-0.15, -0.1) is 10.2 Å². The van der Waals surface area contributed by atoms with E-state index >= 15 is 0 Å². The number of Topliss-reactive ketones (excluding diaryl/α,β-unsaturated/α-hetero) is 1. The first-order valence-electron chi connectivity index (χ1n) is 9.53. The molecular weight excluding hydrogens is 416 g/mol. The molecule has 1 aliphatic carbocycles. The van der Waals surface area contributed by atoms with E-state index in [1.54, 1.807) is 4.90 Å². The number of rotatable bonds is 3. The van der Waals surface area contributed by atoms with Gasteiger partial charge in [-0.3, -0.25) is 9.69 Å². The van der Waals surface area contributed by atoms with Crippen LogP contribution in [-0.2, 0) is 4.79 Å². The van der Waals surface area contributed by atoms with Crippen LogP contribution in [0.4, 0.5) is 5.13 Å². The molecule has 0 unspecified atom stereocenters. The molecule has 1 aromatic carbocycles. The van der Waals surface area contributed by atoms with Gasteiger partial charge in [-0.1, -0.05) is 29.2 Å². The number of hydrogen-bond donors (Lipinski definition) is 2. The van der Waals surface area contributed by atoms with Crippen LogP contribution >= 0.6 is 23.1 Å². The number of carbonyl (C=O) groups is 1. The minimum Gasteiger partial charge on any atom is -0.384 e. The predicted octanol–water partition coefficient (Wildman–Crippen LogP) is 4.05. The molecule has 150 valence electrons. The maximum absolute atomic E-state index is 13.1. The minimum absolute atomic E-state index is 0.0651. The van der Waals surface area contributed by atoms with Crippen molar-refractivity contribution in [2.45, 2.75) is 29.5 Å². The molecule has 0 radical (unpaired) electrons. The molecular formula is C21H18N6OS2. The lowest BCUT2D eigenvalue weighted by molar-refractivity contribution is -0.116. The van der Waals surface area contributed by atoms with Crippen LogP contribution in [-0.4, -0.2) is 27.2 Å². The van der Waals surface area contributed by atoms with Gasteiger partial charge in [0.25, 0.3) is 0 Å². The summed E-state index contributed by atoms with van der Waals surface area (Å²) >= 11 is 2.91. The number of ketones is 1. The number of fused-ring (bicyclic) bond motifs is 1. The Hall–Kier alpha value is -3.09. The van der Waals surface area contributed by atoms with E-state index in [0.717, 1.165) is 32.9 Å².